The van der Waals surface area contributed by atoms with Crippen LogP contribution in [0.15, 0.2) is 85.1 Å². The molecule has 0 fully saturated rings. The fraction of sp³-hybridized carbons (Fsp3) is 0.679. The highest BCUT2D eigenvalue weighted by Gasteiger charge is 2.19. The molecule has 1 unspecified atom stereocenters. The van der Waals surface area contributed by atoms with Crippen molar-refractivity contribution in [2.75, 3.05) is 13.2 Å². The lowest BCUT2D eigenvalue weighted by Gasteiger charge is -2.18. The van der Waals surface area contributed by atoms with Gasteiger partial charge in [-0.1, -0.05) is 189 Å². The molecule has 0 aromatic rings. The standard InChI is InChI=1S/C53H88O6/c1-4-7-10-13-16-19-21-23-24-25-26-27-28-30-31-34-37-40-43-46-52(55)58-49-50(48-57-51(54)45-42-39-36-33-18-15-12-9-6-3)59-53(56)47-44-41-38-35-32-29-22-20-17-14-11-8-5-2/h7,10-11,14,16,19-20,22-24,26-27,30-31,50H,4-6,8-9,12-13,15,17-18,21,25,28-29,32-49H2,1-3H3/b10-7-,14-11-,19-16-,22-20-,24-23-,27-26-,31-30-. The van der Waals surface area contributed by atoms with Gasteiger partial charge in [0.1, 0.15) is 13.2 Å². The van der Waals surface area contributed by atoms with Crippen LogP contribution in [-0.4, -0.2) is 37.2 Å². The van der Waals surface area contributed by atoms with Crippen molar-refractivity contribution in [1.29, 1.82) is 0 Å². The van der Waals surface area contributed by atoms with Gasteiger partial charge in [-0.15, -0.1) is 0 Å². The van der Waals surface area contributed by atoms with E-state index in [9.17, 15) is 14.4 Å². The van der Waals surface area contributed by atoms with Crippen LogP contribution in [0, 0.1) is 0 Å². The zero-order chi connectivity index (χ0) is 43.0. The number of allylic oxidation sites excluding steroid dienone is 14. The molecule has 0 N–H and O–H groups in total. The van der Waals surface area contributed by atoms with Crippen molar-refractivity contribution < 1.29 is 28.6 Å². The summed E-state index contributed by atoms with van der Waals surface area (Å²) < 4.78 is 16.7. The molecule has 0 amide bonds. The van der Waals surface area contributed by atoms with E-state index >= 15 is 0 Å². The number of esters is 3. The number of rotatable bonds is 42. The molecule has 0 aliphatic heterocycles. The molecule has 0 heterocycles. The van der Waals surface area contributed by atoms with Crippen molar-refractivity contribution in [2.24, 2.45) is 0 Å². The van der Waals surface area contributed by atoms with Gasteiger partial charge >= 0.3 is 17.9 Å². The van der Waals surface area contributed by atoms with E-state index in [4.69, 9.17) is 14.2 Å². The number of hydrogen-bond acceptors (Lipinski definition) is 6. The van der Waals surface area contributed by atoms with Crippen LogP contribution in [0.3, 0.4) is 0 Å². The van der Waals surface area contributed by atoms with Crippen molar-refractivity contribution in [3.63, 3.8) is 0 Å². The lowest BCUT2D eigenvalue weighted by atomic mass is 10.1. The van der Waals surface area contributed by atoms with Gasteiger partial charge in [-0.25, -0.2) is 0 Å². The molecule has 0 aromatic heterocycles. The Balaban J connectivity index is 4.42. The first-order chi connectivity index (χ1) is 29.0. The smallest absolute Gasteiger partial charge is 0.306 e. The maximum atomic E-state index is 12.7. The van der Waals surface area contributed by atoms with E-state index in [-0.39, 0.29) is 31.1 Å². The first-order valence-electron chi connectivity index (χ1n) is 24.1. The molecule has 336 valence electrons. The number of unbranched alkanes of at least 4 members (excludes halogenated alkanes) is 17. The van der Waals surface area contributed by atoms with Crippen molar-refractivity contribution >= 4 is 17.9 Å². The third-order valence-electron chi connectivity index (χ3n) is 9.86. The molecule has 0 rings (SSSR count). The molecule has 0 saturated heterocycles. The van der Waals surface area contributed by atoms with Crippen LogP contribution in [0.25, 0.3) is 0 Å². The van der Waals surface area contributed by atoms with E-state index in [1.807, 2.05) is 0 Å². The van der Waals surface area contributed by atoms with E-state index in [0.717, 1.165) is 128 Å². The summed E-state index contributed by atoms with van der Waals surface area (Å²) in [5.74, 6) is -0.949. The molecule has 0 aliphatic rings. The summed E-state index contributed by atoms with van der Waals surface area (Å²) in [7, 11) is 0. The Morgan fingerprint density at radius 3 is 1.12 bits per heavy atom. The Bertz CT molecular complexity index is 1170. The predicted molar refractivity (Wildman–Crippen MR) is 251 cm³/mol. The minimum Gasteiger partial charge on any atom is -0.462 e. The highest BCUT2D eigenvalue weighted by atomic mass is 16.6. The molecular weight excluding hydrogens is 733 g/mol. The summed E-state index contributed by atoms with van der Waals surface area (Å²) in [4.78, 5) is 37.8. The SMILES string of the molecule is CC/C=C\C/C=C\C/C=C\C/C=C\C/C=C\CCCCCC(=O)OCC(COC(=O)CCCCCCCCCCC)OC(=O)CCCCCCC/C=C\C/C=C\CCC. The second-order valence-corrected chi connectivity index (χ2v) is 15.6. The highest BCUT2D eigenvalue weighted by Crippen LogP contribution is 2.13. The summed E-state index contributed by atoms with van der Waals surface area (Å²) in [6.07, 6.45) is 59.9. The van der Waals surface area contributed by atoms with E-state index in [1.54, 1.807) is 0 Å². The Hall–Kier alpha value is -3.41. The monoisotopic (exact) mass is 821 g/mol. The lowest BCUT2D eigenvalue weighted by Crippen LogP contribution is -2.30. The van der Waals surface area contributed by atoms with Gasteiger partial charge in [-0.05, 0) is 89.9 Å². The summed E-state index contributed by atoms with van der Waals surface area (Å²) in [6, 6.07) is 0. The largest absolute Gasteiger partial charge is 0.462 e. The minimum atomic E-state index is -0.794. The Morgan fingerprint density at radius 2 is 0.695 bits per heavy atom. The minimum absolute atomic E-state index is 0.0928. The third kappa shape index (κ3) is 45.5. The second kappa shape index (κ2) is 47.3. The summed E-state index contributed by atoms with van der Waals surface area (Å²) in [6.45, 7) is 6.38. The average molecular weight is 821 g/mol. The van der Waals surface area contributed by atoms with Crippen LogP contribution in [0.1, 0.15) is 213 Å². The topological polar surface area (TPSA) is 78.9 Å². The van der Waals surface area contributed by atoms with Gasteiger partial charge in [0.15, 0.2) is 6.10 Å². The third-order valence-corrected chi connectivity index (χ3v) is 9.86. The number of carbonyl (C=O) groups is 3. The van der Waals surface area contributed by atoms with Gasteiger partial charge in [0.2, 0.25) is 0 Å². The molecule has 59 heavy (non-hydrogen) atoms. The van der Waals surface area contributed by atoms with Crippen LogP contribution in [0.4, 0.5) is 0 Å². The van der Waals surface area contributed by atoms with Crippen LogP contribution < -0.4 is 0 Å². The molecular formula is C53H88O6. The molecule has 1 atom stereocenters. The van der Waals surface area contributed by atoms with Gasteiger partial charge < -0.3 is 14.2 Å². The van der Waals surface area contributed by atoms with E-state index in [2.05, 4.69) is 106 Å². The maximum absolute atomic E-state index is 12.7. The van der Waals surface area contributed by atoms with Gasteiger partial charge in [0, 0.05) is 19.3 Å². The Morgan fingerprint density at radius 1 is 0.356 bits per heavy atom. The molecule has 6 heteroatoms. The predicted octanol–water partition coefficient (Wildman–Crippen LogP) is 15.6. The quantitative estimate of drug-likeness (QED) is 0.0264. The number of carbonyl (C=O) groups excluding carboxylic acids is 3. The fourth-order valence-corrected chi connectivity index (χ4v) is 6.27. The van der Waals surface area contributed by atoms with Gasteiger partial charge in [0.05, 0.1) is 0 Å². The highest BCUT2D eigenvalue weighted by molar-refractivity contribution is 5.71. The van der Waals surface area contributed by atoms with E-state index in [0.29, 0.717) is 19.3 Å². The fourth-order valence-electron chi connectivity index (χ4n) is 6.27. The number of hydrogen-bond donors (Lipinski definition) is 0. The second-order valence-electron chi connectivity index (χ2n) is 15.6. The summed E-state index contributed by atoms with van der Waals surface area (Å²) >= 11 is 0. The van der Waals surface area contributed by atoms with Crippen LogP contribution >= 0.6 is 0 Å². The average Bonchev–Trinajstić information content (AvgIpc) is 3.23. The number of ether oxygens (including phenoxy) is 3. The lowest BCUT2D eigenvalue weighted by molar-refractivity contribution is -0.167. The van der Waals surface area contributed by atoms with Crippen molar-refractivity contribution in [3.05, 3.63) is 85.1 Å². The van der Waals surface area contributed by atoms with Crippen LogP contribution in [-0.2, 0) is 28.6 Å². The van der Waals surface area contributed by atoms with Crippen LogP contribution in [0.5, 0.6) is 0 Å². The molecule has 0 spiro atoms. The van der Waals surface area contributed by atoms with E-state index in [1.165, 1.54) is 44.9 Å². The van der Waals surface area contributed by atoms with Gasteiger partial charge in [0.25, 0.3) is 0 Å². The first kappa shape index (κ1) is 55.6. The maximum Gasteiger partial charge on any atom is 0.306 e. The molecule has 0 radical (unpaired) electrons. The van der Waals surface area contributed by atoms with E-state index < -0.39 is 6.10 Å². The zero-order valence-electron chi connectivity index (χ0n) is 38.2. The van der Waals surface area contributed by atoms with Crippen LogP contribution in [0.2, 0.25) is 0 Å². The molecule has 0 saturated carbocycles. The molecule has 0 aliphatic carbocycles. The zero-order valence-corrected chi connectivity index (χ0v) is 38.2. The normalized spacial score (nSPS) is 12.8. The Kier molecular flexibility index (Phi) is 44.5. The molecule has 0 bridgehead atoms. The Labute approximate surface area is 363 Å². The summed E-state index contributed by atoms with van der Waals surface area (Å²) in [5, 5.41) is 0. The summed E-state index contributed by atoms with van der Waals surface area (Å²) in [5.41, 5.74) is 0. The van der Waals surface area contributed by atoms with Gasteiger partial charge in [-0.3, -0.25) is 14.4 Å². The first-order valence-corrected chi connectivity index (χ1v) is 24.1. The van der Waals surface area contributed by atoms with Crippen molar-refractivity contribution in [2.45, 2.75) is 219 Å². The van der Waals surface area contributed by atoms with Crippen molar-refractivity contribution in [3.8, 4) is 0 Å². The molecule has 0 aromatic carbocycles. The molecule has 6 nitrogen and oxygen atoms in total. The van der Waals surface area contributed by atoms with Gasteiger partial charge in [-0.2, -0.15) is 0 Å². The van der Waals surface area contributed by atoms with Crippen molar-refractivity contribution in [1.82, 2.24) is 0 Å².